The van der Waals surface area contributed by atoms with Gasteiger partial charge in [-0.1, -0.05) is 35.3 Å². The first-order valence-corrected chi connectivity index (χ1v) is 12.6. The maximum Gasteiger partial charge on any atom is 0.411 e. The maximum atomic E-state index is 12.0. The van der Waals surface area contributed by atoms with Gasteiger partial charge in [0.15, 0.2) is 0 Å². The van der Waals surface area contributed by atoms with Crippen LogP contribution in [0.1, 0.15) is 12.8 Å². The zero-order valence-corrected chi connectivity index (χ0v) is 22.1. The molecule has 2 saturated heterocycles. The summed E-state index contributed by atoms with van der Waals surface area (Å²) in [6, 6.07) is 13.6. The van der Waals surface area contributed by atoms with Crippen molar-refractivity contribution in [3.05, 3.63) is 52.5 Å². The lowest BCUT2D eigenvalue weighted by atomic mass is 10.2. The number of amides is 1. The largest absolute Gasteiger partial charge is 0.465 e. The van der Waals surface area contributed by atoms with Gasteiger partial charge in [-0.3, -0.25) is 9.80 Å². The van der Waals surface area contributed by atoms with Crippen molar-refractivity contribution in [3.63, 3.8) is 0 Å². The number of rotatable bonds is 8. The Kier molecular flexibility index (Phi) is 10.6. The number of ether oxygens (including phenoxy) is 1. The Hall–Kier alpha value is -1.90. The summed E-state index contributed by atoms with van der Waals surface area (Å²) in [5, 5.41) is 11.0. The van der Waals surface area contributed by atoms with Gasteiger partial charge in [0.2, 0.25) is 0 Å². The van der Waals surface area contributed by atoms with E-state index in [-0.39, 0.29) is 12.4 Å². The van der Waals surface area contributed by atoms with Crippen molar-refractivity contribution in [1.29, 1.82) is 0 Å². The van der Waals surface area contributed by atoms with Gasteiger partial charge in [-0.2, -0.15) is 0 Å². The van der Waals surface area contributed by atoms with Crippen molar-refractivity contribution >= 4 is 58.8 Å². The molecule has 0 aromatic heterocycles. The van der Waals surface area contributed by atoms with Gasteiger partial charge in [0.05, 0.1) is 28.9 Å². The van der Waals surface area contributed by atoms with Gasteiger partial charge in [0, 0.05) is 57.2 Å². The number of hydrogen-bond acceptors (Lipinski definition) is 5. The van der Waals surface area contributed by atoms with Gasteiger partial charge in [-0.15, -0.1) is 12.4 Å². The van der Waals surface area contributed by atoms with Crippen LogP contribution >= 0.6 is 35.6 Å². The Morgan fingerprint density at radius 3 is 2.37 bits per heavy atom. The minimum atomic E-state index is -0.911. The summed E-state index contributed by atoms with van der Waals surface area (Å²) in [6.45, 7) is 8.20. The standard InChI is InChI=1S/C25H32Cl2N4O3.ClH/c26-22-7-4-8-23(24(22)27)30-13-11-28(12-14-30)9-1-2-10-31(25(32)33)21-6-3-5-20(19-21)29-15-17-34-18-16-29;/h3-8,19H,1-2,9-18H2,(H,32,33);1H. The fourth-order valence-corrected chi connectivity index (χ4v) is 4.98. The maximum absolute atomic E-state index is 12.0. The van der Waals surface area contributed by atoms with Gasteiger partial charge < -0.3 is 19.6 Å². The van der Waals surface area contributed by atoms with E-state index in [1.165, 1.54) is 4.90 Å². The second-order valence-electron chi connectivity index (χ2n) is 8.66. The Balaban J connectivity index is 0.00000342. The molecule has 2 heterocycles. The van der Waals surface area contributed by atoms with Gasteiger partial charge in [0.25, 0.3) is 0 Å². The van der Waals surface area contributed by atoms with E-state index in [0.717, 1.165) is 75.7 Å². The monoisotopic (exact) mass is 542 g/mol. The Morgan fingerprint density at radius 2 is 1.66 bits per heavy atom. The van der Waals surface area contributed by atoms with Crippen molar-refractivity contribution in [2.24, 2.45) is 0 Å². The van der Waals surface area contributed by atoms with Gasteiger partial charge in [-0.25, -0.2) is 4.79 Å². The summed E-state index contributed by atoms with van der Waals surface area (Å²) in [6.07, 6.45) is 0.852. The second-order valence-corrected chi connectivity index (χ2v) is 9.45. The number of piperazine rings is 1. The molecule has 192 valence electrons. The SMILES string of the molecule is Cl.O=C(O)N(CCCCN1CCN(c2cccc(Cl)c2Cl)CC1)c1cccc(N2CCOCC2)c1. The van der Waals surface area contributed by atoms with E-state index in [1.54, 1.807) is 0 Å². The topological polar surface area (TPSA) is 59.5 Å². The van der Waals surface area contributed by atoms with Crippen molar-refractivity contribution in [2.45, 2.75) is 12.8 Å². The van der Waals surface area contributed by atoms with E-state index in [1.807, 2.05) is 42.5 Å². The summed E-state index contributed by atoms with van der Waals surface area (Å²) in [4.78, 5) is 20.4. The van der Waals surface area contributed by atoms with Gasteiger partial charge in [-0.05, 0) is 49.7 Å². The fraction of sp³-hybridized carbons (Fsp3) is 0.480. The molecule has 0 atom stereocenters. The third-order valence-electron chi connectivity index (χ3n) is 6.50. The average molecular weight is 544 g/mol. The van der Waals surface area contributed by atoms with Crippen LogP contribution in [-0.4, -0.2) is 81.7 Å². The molecular formula is C25H33Cl3N4O3. The smallest absolute Gasteiger partial charge is 0.411 e. The number of carbonyl (C=O) groups is 1. The van der Waals surface area contributed by atoms with Crippen LogP contribution in [0, 0.1) is 0 Å². The third-order valence-corrected chi connectivity index (χ3v) is 7.31. The van der Waals surface area contributed by atoms with Crippen LogP contribution in [0.2, 0.25) is 10.0 Å². The van der Waals surface area contributed by atoms with Gasteiger partial charge >= 0.3 is 6.09 Å². The highest BCUT2D eigenvalue weighted by molar-refractivity contribution is 6.43. The van der Waals surface area contributed by atoms with Crippen LogP contribution in [0.3, 0.4) is 0 Å². The molecule has 2 aliphatic rings. The lowest BCUT2D eigenvalue weighted by Crippen LogP contribution is -2.46. The molecule has 4 rings (SSSR count). The lowest BCUT2D eigenvalue weighted by Gasteiger charge is -2.36. The highest BCUT2D eigenvalue weighted by Crippen LogP contribution is 2.33. The zero-order chi connectivity index (χ0) is 23.9. The minimum absolute atomic E-state index is 0. The number of anilines is 3. The Labute approximate surface area is 223 Å². The number of hydrogen-bond donors (Lipinski definition) is 1. The summed E-state index contributed by atoms with van der Waals surface area (Å²) < 4.78 is 5.43. The number of halogens is 3. The molecule has 1 N–H and O–H groups in total. The summed E-state index contributed by atoms with van der Waals surface area (Å²) >= 11 is 12.5. The third kappa shape index (κ3) is 7.30. The van der Waals surface area contributed by atoms with Crippen molar-refractivity contribution < 1.29 is 14.6 Å². The quantitative estimate of drug-likeness (QED) is 0.454. The predicted molar refractivity (Wildman–Crippen MR) is 146 cm³/mol. The normalized spacial score (nSPS) is 16.6. The molecule has 2 aromatic rings. The Morgan fingerprint density at radius 1 is 0.943 bits per heavy atom. The molecular weight excluding hydrogens is 511 g/mol. The number of benzene rings is 2. The molecule has 0 radical (unpaired) electrons. The summed E-state index contributed by atoms with van der Waals surface area (Å²) in [5.41, 5.74) is 2.76. The summed E-state index contributed by atoms with van der Waals surface area (Å²) in [5.74, 6) is 0. The average Bonchev–Trinajstić information content (AvgIpc) is 2.86. The molecule has 10 heteroatoms. The molecule has 1 amide bonds. The number of carboxylic acid groups (broad SMARTS) is 1. The highest BCUT2D eigenvalue weighted by Gasteiger charge is 2.20. The molecule has 0 unspecified atom stereocenters. The Bertz CT molecular complexity index is 967. The second kappa shape index (κ2) is 13.4. The molecule has 2 aliphatic heterocycles. The van der Waals surface area contributed by atoms with Crippen LogP contribution in [0.5, 0.6) is 0 Å². The fourth-order valence-electron chi connectivity index (χ4n) is 4.57. The van der Waals surface area contributed by atoms with Crippen LogP contribution in [-0.2, 0) is 4.74 Å². The van der Waals surface area contributed by atoms with Crippen LogP contribution < -0.4 is 14.7 Å². The number of unbranched alkanes of at least 4 members (excludes halogenated alkanes) is 1. The van der Waals surface area contributed by atoms with E-state index in [9.17, 15) is 9.90 Å². The molecule has 2 aromatic carbocycles. The van der Waals surface area contributed by atoms with Crippen molar-refractivity contribution in [3.8, 4) is 0 Å². The molecule has 7 nitrogen and oxygen atoms in total. The van der Waals surface area contributed by atoms with Crippen molar-refractivity contribution in [2.75, 3.05) is 80.3 Å². The first-order valence-electron chi connectivity index (χ1n) is 11.9. The van der Waals surface area contributed by atoms with E-state index in [4.69, 9.17) is 27.9 Å². The van der Waals surface area contributed by atoms with Crippen molar-refractivity contribution in [1.82, 2.24) is 4.90 Å². The van der Waals surface area contributed by atoms with E-state index < -0.39 is 6.09 Å². The van der Waals surface area contributed by atoms with E-state index >= 15 is 0 Å². The highest BCUT2D eigenvalue weighted by atomic mass is 35.5. The van der Waals surface area contributed by atoms with Gasteiger partial charge in [0.1, 0.15) is 0 Å². The van der Waals surface area contributed by atoms with Crippen LogP contribution in [0.25, 0.3) is 0 Å². The molecule has 0 aliphatic carbocycles. The zero-order valence-electron chi connectivity index (χ0n) is 19.7. The molecule has 0 saturated carbocycles. The molecule has 0 bridgehead atoms. The molecule has 2 fully saturated rings. The first-order chi connectivity index (χ1) is 16.5. The van der Waals surface area contributed by atoms with Crippen LogP contribution in [0.4, 0.5) is 21.9 Å². The van der Waals surface area contributed by atoms with E-state index in [2.05, 4.69) is 14.7 Å². The predicted octanol–water partition coefficient (Wildman–Crippen LogP) is 5.34. The number of morpholine rings is 1. The first kappa shape index (κ1) is 27.7. The molecule has 35 heavy (non-hydrogen) atoms. The number of nitrogens with zero attached hydrogens (tertiary/aromatic N) is 4. The molecule has 0 spiro atoms. The summed E-state index contributed by atoms with van der Waals surface area (Å²) in [7, 11) is 0. The lowest BCUT2D eigenvalue weighted by molar-refractivity contribution is 0.122. The van der Waals surface area contributed by atoms with Crippen LogP contribution in [0.15, 0.2) is 42.5 Å². The van der Waals surface area contributed by atoms with E-state index in [0.29, 0.717) is 29.8 Å². The minimum Gasteiger partial charge on any atom is -0.465 e.